The first-order valence-electron chi connectivity index (χ1n) is 7.83. The maximum absolute atomic E-state index is 12.5. The first kappa shape index (κ1) is 17.2. The van der Waals surface area contributed by atoms with Crippen molar-refractivity contribution in [2.24, 2.45) is 0 Å². The van der Waals surface area contributed by atoms with Gasteiger partial charge in [0.1, 0.15) is 12.1 Å². The Morgan fingerprint density at radius 1 is 0.960 bits per heavy atom. The second-order valence-electron chi connectivity index (χ2n) is 5.80. The molecular weight excluding hydrogens is 342 g/mol. The van der Waals surface area contributed by atoms with E-state index in [1.807, 2.05) is 0 Å². The summed E-state index contributed by atoms with van der Waals surface area (Å²) in [5.41, 5.74) is 1.25. The number of benzene rings is 2. The average Bonchev–Trinajstić information content (AvgIpc) is 2.86. The lowest BCUT2D eigenvalue weighted by Crippen LogP contribution is -2.43. The van der Waals surface area contributed by atoms with E-state index in [0.29, 0.717) is 21.7 Å². The molecule has 3 rings (SSSR count). The van der Waals surface area contributed by atoms with E-state index in [-0.39, 0.29) is 0 Å². The first-order valence-corrected chi connectivity index (χ1v) is 8.21. The van der Waals surface area contributed by atoms with E-state index in [9.17, 15) is 14.4 Å². The monoisotopic (exact) mass is 357 g/mol. The zero-order valence-corrected chi connectivity index (χ0v) is 14.5. The number of nitrogens with zero attached hydrogens (tertiary/aromatic N) is 1. The molecule has 0 spiro atoms. The minimum atomic E-state index is -1.03. The van der Waals surface area contributed by atoms with Crippen LogP contribution in [0.4, 0.5) is 0 Å². The van der Waals surface area contributed by atoms with E-state index in [2.05, 4.69) is 0 Å². The van der Waals surface area contributed by atoms with Crippen molar-refractivity contribution in [2.45, 2.75) is 26.0 Å². The molecule has 0 aromatic heterocycles. The molecule has 0 N–H and O–H groups in total. The lowest BCUT2D eigenvalue weighted by atomic mass is 10.1. The topological polar surface area (TPSA) is 63.7 Å². The predicted octanol–water partition coefficient (Wildman–Crippen LogP) is 3.63. The summed E-state index contributed by atoms with van der Waals surface area (Å²) in [7, 11) is 0. The number of imide groups is 1. The molecular formula is C19H16ClNO4. The highest BCUT2D eigenvalue weighted by atomic mass is 35.5. The fraction of sp³-hybridized carbons (Fsp3) is 0.211. The largest absolute Gasteiger partial charge is 0.456 e. The van der Waals surface area contributed by atoms with Gasteiger partial charge in [-0.25, -0.2) is 4.79 Å². The molecule has 25 heavy (non-hydrogen) atoms. The van der Waals surface area contributed by atoms with Crippen LogP contribution in [0.3, 0.4) is 0 Å². The first-order chi connectivity index (χ1) is 11.9. The second-order valence-corrected chi connectivity index (χ2v) is 6.21. The van der Waals surface area contributed by atoms with E-state index in [0.717, 1.165) is 4.90 Å². The summed E-state index contributed by atoms with van der Waals surface area (Å²) < 4.78 is 5.42. The Morgan fingerprint density at radius 3 is 2.04 bits per heavy atom. The van der Waals surface area contributed by atoms with Gasteiger partial charge in [0.05, 0.1) is 11.1 Å². The van der Waals surface area contributed by atoms with Crippen molar-refractivity contribution in [1.29, 1.82) is 0 Å². The number of esters is 1. The highest BCUT2D eigenvalue weighted by Gasteiger charge is 2.41. The number of hydrogen-bond acceptors (Lipinski definition) is 4. The number of fused-ring (bicyclic) bond motifs is 1. The van der Waals surface area contributed by atoms with E-state index in [1.54, 1.807) is 55.5 Å². The van der Waals surface area contributed by atoms with Crippen LogP contribution in [-0.4, -0.2) is 28.7 Å². The van der Waals surface area contributed by atoms with Crippen LogP contribution in [0.25, 0.3) is 0 Å². The number of amides is 2. The molecule has 128 valence electrons. The Balaban J connectivity index is 1.77. The molecule has 5 nitrogen and oxygen atoms in total. The summed E-state index contributed by atoms with van der Waals surface area (Å²) in [6, 6.07) is 12.5. The molecule has 2 aromatic rings. The molecule has 1 aliphatic rings. The van der Waals surface area contributed by atoms with Gasteiger partial charge < -0.3 is 4.74 Å². The SMILES string of the molecule is C[C@@H](OC(=O)[C@H](C)N1C(=O)c2ccccc2C1=O)c1ccccc1Cl. The number of halogens is 1. The number of rotatable bonds is 4. The Hall–Kier alpha value is -2.66. The molecule has 2 atom stereocenters. The van der Waals surface area contributed by atoms with Gasteiger partial charge in [0, 0.05) is 10.6 Å². The molecule has 0 saturated carbocycles. The molecule has 0 aliphatic carbocycles. The minimum Gasteiger partial charge on any atom is -0.456 e. The van der Waals surface area contributed by atoms with Gasteiger partial charge in [0.15, 0.2) is 0 Å². The standard InChI is InChI=1S/C19H16ClNO4/c1-11(19(24)25-12(2)13-7-5-6-10-16(13)20)21-17(22)14-8-3-4-9-15(14)18(21)23/h3-12H,1-2H3/t11-,12+/m0/s1. The van der Waals surface area contributed by atoms with Gasteiger partial charge in [0.2, 0.25) is 0 Å². The van der Waals surface area contributed by atoms with Gasteiger partial charge in [-0.05, 0) is 32.0 Å². The lowest BCUT2D eigenvalue weighted by molar-refractivity contribution is -0.152. The van der Waals surface area contributed by atoms with Gasteiger partial charge in [0.25, 0.3) is 11.8 Å². The average molecular weight is 358 g/mol. The van der Waals surface area contributed by atoms with Crippen molar-refractivity contribution in [2.75, 3.05) is 0 Å². The van der Waals surface area contributed by atoms with Gasteiger partial charge in [-0.1, -0.05) is 41.9 Å². The van der Waals surface area contributed by atoms with Crippen molar-refractivity contribution < 1.29 is 19.1 Å². The molecule has 1 heterocycles. The van der Waals surface area contributed by atoms with Crippen molar-refractivity contribution in [3.63, 3.8) is 0 Å². The van der Waals surface area contributed by atoms with Crippen molar-refractivity contribution in [3.8, 4) is 0 Å². The molecule has 0 radical (unpaired) electrons. The third-order valence-electron chi connectivity index (χ3n) is 4.19. The zero-order valence-electron chi connectivity index (χ0n) is 13.7. The quantitative estimate of drug-likeness (QED) is 0.619. The van der Waals surface area contributed by atoms with Gasteiger partial charge in [-0.3, -0.25) is 14.5 Å². The molecule has 1 aliphatic heterocycles. The molecule has 0 saturated heterocycles. The van der Waals surface area contributed by atoms with Crippen molar-refractivity contribution >= 4 is 29.4 Å². The van der Waals surface area contributed by atoms with Crippen LogP contribution in [0.5, 0.6) is 0 Å². The summed E-state index contributed by atoms with van der Waals surface area (Å²) in [5.74, 6) is -1.65. The molecule has 2 amide bonds. The fourth-order valence-corrected chi connectivity index (χ4v) is 3.10. The van der Waals surface area contributed by atoms with Gasteiger partial charge in [-0.2, -0.15) is 0 Å². The molecule has 0 bridgehead atoms. The maximum Gasteiger partial charge on any atom is 0.329 e. The Bertz CT molecular complexity index is 829. The van der Waals surface area contributed by atoms with Crippen LogP contribution in [-0.2, 0) is 9.53 Å². The van der Waals surface area contributed by atoms with Crippen LogP contribution < -0.4 is 0 Å². The Morgan fingerprint density at radius 2 is 1.48 bits per heavy atom. The molecule has 0 unspecified atom stereocenters. The second kappa shape index (κ2) is 6.69. The number of carbonyl (C=O) groups is 3. The van der Waals surface area contributed by atoms with Crippen molar-refractivity contribution in [3.05, 3.63) is 70.2 Å². The van der Waals surface area contributed by atoms with Crippen LogP contribution >= 0.6 is 11.6 Å². The Labute approximate surface area is 150 Å². The number of ether oxygens (including phenoxy) is 1. The minimum absolute atomic E-state index is 0.298. The van der Waals surface area contributed by atoms with Crippen LogP contribution in [0, 0.1) is 0 Å². The summed E-state index contributed by atoms with van der Waals surface area (Å²) in [6.45, 7) is 3.16. The number of hydrogen-bond donors (Lipinski definition) is 0. The summed E-state index contributed by atoms with van der Waals surface area (Å²) in [4.78, 5) is 38.3. The van der Waals surface area contributed by atoms with E-state index in [1.165, 1.54) is 6.92 Å². The van der Waals surface area contributed by atoms with E-state index >= 15 is 0 Å². The Kier molecular flexibility index (Phi) is 4.59. The van der Waals surface area contributed by atoms with Gasteiger partial charge in [-0.15, -0.1) is 0 Å². The van der Waals surface area contributed by atoms with Crippen LogP contribution in [0.1, 0.15) is 46.2 Å². The predicted molar refractivity (Wildman–Crippen MR) is 92.4 cm³/mol. The molecule has 6 heteroatoms. The molecule has 2 aromatic carbocycles. The van der Waals surface area contributed by atoms with Crippen molar-refractivity contribution in [1.82, 2.24) is 4.90 Å². The van der Waals surface area contributed by atoms with E-state index < -0.39 is 29.9 Å². The summed E-state index contributed by atoms with van der Waals surface area (Å²) in [6.07, 6.45) is -0.598. The number of carbonyl (C=O) groups excluding carboxylic acids is 3. The summed E-state index contributed by atoms with van der Waals surface area (Å²) >= 11 is 6.11. The maximum atomic E-state index is 12.5. The molecule has 0 fully saturated rings. The fourth-order valence-electron chi connectivity index (χ4n) is 2.81. The van der Waals surface area contributed by atoms with Gasteiger partial charge >= 0.3 is 5.97 Å². The third-order valence-corrected chi connectivity index (χ3v) is 4.53. The highest BCUT2D eigenvalue weighted by Crippen LogP contribution is 2.28. The zero-order chi connectivity index (χ0) is 18.1. The van der Waals surface area contributed by atoms with Crippen LogP contribution in [0.15, 0.2) is 48.5 Å². The lowest BCUT2D eigenvalue weighted by Gasteiger charge is -2.23. The third kappa shape index (κ3) is 3.03. The van der Waals surface area contributed by atoms with Crippen LogP contribution in [0.2, 0.25) is 5.02 Å². The summed E-state index contributed by atoms with van der Waals surface area (Å²) in [5, 5.41) is 0.483. The normalized spacial score (nSPS) is 15.7. The van der Waals surface area contributed by atoms with E-state index in [4.69, 9.17) is 16.3 Å². The highest BCUT2D eigenvalue weighted by molar-refractivity contribution is 6.31. The smallest absolute Gasteiger partial charge is 0.329 e.